The van der Waals surface area contributed by atoms with Crippen molar-refractivity contribution in [2.75, 3.05) is 16.0 Å². The number of nitrogens with one attached hydrogen (secondary N) is 3. The lowest BCUT2D eigenvalue weighted by Gasteiger charge is -2.18. The lowest BCUT2D eigenvalue weighted by Crippen LogP contribution is -2.34. The fourth-order valence-corrected chi connectivity index (χ4v) is 2.56. The van der Waals surface area contributed by atoms with Crippen LogP contribution >= 0.6 is 0 Å². The summed E-state index contributed by atoms with van der Waals surface area (Å²) in [7, 11) is 0. The molecule has 1 aliphatic carbocycles. The van der Waals surface area contributed by atoms with Crippen molar-refractivity contribution >= 4 is 28.9 Å². The van der Waals surface area contributed by atoms with E-state index in [9.17, 15) is 14.0 Å². The van der Waals surface area contributed by atoms with Gasteiger partial charge in [0.2, 0.25) is 11.8 Å². The van der Waals surface area contributed by atoms with Crippen LogP contribution in [0.5, 0.6) is 0 Å². The largest absolute Gasteiger partial charge is 0.374 e. The van der Waals surface area contributed by atoms with E-state index in [1.165, 1.54) is 24.3 Å². The molecule has 2 aromatic carbocycles. The Morgan fingerprint density at radius 1 is 0.962 bits per heavy atom. The molecule has 0 radical (unpaired) electrons. The average molecular weight is 355 g/mol. The molecule has 1 fully saturated rings. The molecule has 2 amide bonds. The van der Waals surface area contributed by atoms with E-state index in [-0.39, 0.29) is 23.5 Å². The van der Waals surface area contributed by atoms with Gasteiger partial charge in [-0.1, -0.05) is 6.92 Å². The van der Waals surface area contributed by atoms with E-state index in [1.807, 2.05) is 31.2 Å². The summed E-state index contributed by atoms with van der Waals surface area (Å²) in [5.74, 6) is -0.310. The van der Waals surface area contributed by atoms with E-state index < -0.39 is 6.04 Å². The molecule has 0 spiro atoms. The molecule has 0 saturated heterocycles. The molecule has 3 rings (SSSR count). The minimum atomic E-state index is -0.424. The Bertz CT molecular complexity index is 771. The minimum absolute atomic E-state index is 0.0656. The zero-order valence-corrected chi connectivity index (χ0v) is 14.6. The summed E-state index contributed by atoms with van der Waals surface area (Å²) in [4.78, 5) is 24.2. The SMILES string of the molecule is CC[C@H](Nc1ccc(NC(=O)C2CC2)cc1)C(=O)Nc1ccc(F)cc1. The molecule has 1 saturated carbocycles. The van der Waals surface area contributed by atoms with Crippen molar-refractivity contribution in [1.29, 1.82) is 0 Å². The molecule has 3 N–H and O–H groups in total. The zero-order valence-electron chi connectivity index (χ0n) is 14.6. The van der Waals surface area contributed by atoms with Crippen LogP contribution < -0.4 is 16.0 Å². The molecular formula is C20H22FN3O2. The molecule has 6 heteroatoms. The van der Waals surface area contributed by atoms with Crippen LogP contribution in [0.25, 0.3) is 0 Å². The molecular weight excluding hydrogens is 333 g/mol. The summed E-state index contributed by atoms with van der Waals surface area (Å²) in [5.41, 5.74) is 2.08. The molecule has 5 nitrogen and oxygen atoms in total. The zero-order chi connectivity index (χ0) is 18.5. The van der Waals surface area contributed by atoms with Crippen LogP contribution in [0.1, 0.15) is 26.2 Å². The van der Waals surface area contributed by atoms with Crippen molar-refractivity contribution in [2.45, 2.75) is 32.2 Å². The highest BCUT2D eigenvalue weighted by molar-refractivity contribution is 5.97. The first-order valence-electron chi connectivity index (χ1n) is 8.79. The molecule has 136 valence electrons. The number of hydrogen-bond acceptors (Lipinski definition) is 3. The predicted octanol–water partition coefficient (Wildman–Crippen LogP) is 4.00. The van der Waals surface area contributed by atoms with Crippen LogP contribution in [0.15, 0.2) is 48.5 Å². The van der Waals surface area contributed by atoms with Crippen molar-refractivity contribution in [2.24, 2.45) is 5.92 Å². The Labute approximate surface area is 152 Å². The quantitative estimate of drug-likeness (QED) is 0.703. The van der Waals surface area contributed by atoms with Crippen molar-refractivity contribution in [3.63, 3.8) is 0 Å². The summed E-state index contributed by atoms with van der Waals surface area (Å²) in [6.45, 7) is 1.91. The van der Waals surface area contributed by atoms with Crippen molar-refractivity contribution in [3.05, 3.63) is 54.3 Å². The molecule has 2 aromatic rings. The third kappa shape index (κ3) is 4.81. The number of anilines is 3. The number of rotatable bonds is 7. The second-order valence-corrected chi connectivity index (χ2v) is 6.44. The highest BCUT2D eigenvalue weighted by Crippen LogP contribution is 2.30. The number of halogens is 1. The normalized spacial score (nSPS) is 14.4. The van der Waals surface area contributed by atoms with Gasteiger partial charge in [-0.25, -0.2) is 4.39 Å². The fourth-order valence-electron chi connectivity index (χ4n) is 2.56. The van der Waals surface area contributed by atoms with Crippen molar-refractivity contribution < 1.29 is 14.0 Å². The van der Waals surface area contributed by atoms with E-state index in [0.717, 1.165) is 24.2 Å². The maximum Gasteiger partial charge on any atom is 0.246 e. The van der Waals surface area contributed by atoms with E-state index in [0.29, 0.717) is 12.1 Å². The van der Waals surface area contributed by atoms with Gasteiger partial charge in [0.15, 0.2) is 0 Å². The van der Waals surface area contributed by atoms with Gasteiger partial charge in [-0.2, -0.15) is 0 Å². The molecule has 0 aliphatic heterocycles. The smallest absolute Gasteiger partial charge is 0.246 e. The second-order valence-electron chi connectivity index (χ2n) is 6.44. The van der Waals surface area contributed by atoms with Gasteiger partial charge in [-0.3, -0.25) is 9.59 Å². The summed E-state index contributed by atoms with van der Waals surface area (Å²) in [6.07, 6.45) is 2.52. The first kappa shape index (κ1) is 17.9. The van der Waals surface area contributed by atoms with E-state index in [2.05, 4.69) is 16.0 Å². The van der Waals surface area contributed by atoms with Gasteiger partial charge in [0.05, 0.1) is 0 Å². The molecule has 1 aliphatic rings. The first-order valence-corrected chi connectivity index (χ1v) is 8.79. The maximum atomic E-state index is 12.9. The highest BCUT2D eigenvalue weighted by Gasteiger charge is 2.29. The van der Waals surface area contributed by atoms with Gasteiger partial charge in [-0.05, 0) is 67.8 Å². The van der Waals surface area contributed by atoms with E-state index in [1.54, 1.807) is 0 Å². The van der Waals surface area contributed by atoms with E-state index >= 15 is 0 Å². The van der Waals surface area contributed by atoms with Crippen LogP contribution in [0.3, 0.4) is 0 Å². The van der Waals surface area contributed by atoms with Gasteiger partial charge >= 0.3 is 0 Å². The topological polar surface area (TPSA) is 70.2 Å². The molecule has 1 atom stereocenters. The van der Waals surface area contributed by atoms with Crippen LogP contribution in [0, 0.1) is 11.7 Å². The predicted molar refractivity (Wildman–Crippen MR) is 101 cm³/mol. The third-order valence-corrected chi connectivity index (χ3v) is 4.28. The number of carbonyl (C=O) groups excluding carboxylic acids is 2. The van der Waals surface area contributed by atoms with Crippen molar-refractivity contribution in [3.8, 4) is 0 Å². The molecule has 0 unspecified atom stereocenters. The Morgan fingerprint density at radius 3 is 2.08 bits per heavy atom. The van der Waals surface area contributed by atoms with Gasteiger partial charge in [0, 0.05) is 23.0 Å². The number of amides is 2. The summed E-state index contributed by atoms with van der Waals surface area (Å²) < 4.78 is 12.9. The van der Waals surface area contributed by atoms with Crippen LogP contribution in [0.4, 0.5) is 21.5 Å². The van der Waals surface area contributed by atoms with Gasteiger partial charge in [-0.15, -0.1) is 0 Å². The summed E-state index contributed by atoms with van der Waals surface area (Å²) >= 11 is 0. The Hall–Kier alpha value is -2.89. The van der Waals surface area contributed by atoms with Crippen LogP contribution in [0.2, 0.25) is 0 Å². The average Bonchev–Trinajstić information content (AvgIpc) is 3.48. The molecule has 26 heavy (non-hydrogen) atoms. The van der Waals surface area contributed by atoms with Crippen LogP contribution in [-0.4, -0.2) is 17.9 Å². The van der Waals surface area contributed by atoms with Crippen molar-refractivity contribution in [1.82, 2.24) is 0 Å². The molecule has 0 heterocycles. The number of benzene rings is 2. The van der Waals surface area contributed by atoms with Gasteiger partial charge in [0.25, 0.3) is 0 Å². The summed E-state index contributed by atoms with van der Waals surface area (Å²) in [5, 5.41) is 8.83. The van der Waals surface area contributed by atoms with Gasteiger partial charge in [0.1, 0.15) is 11.9 Å². The maximum absolute atomic E-state index is 12.9. The Kier molecular flexibility index (Phi) is 5.51. The third-order valence-electron chi connectivity index (χ3n) is 4.28. The van der Waals surface area contributed by atoms with Crippen LogP contribution in [-0.2, 0) is 9.59 Å². The Morgan fingerprint density at radius 2 is 1.50 bits per heavy atom. The fraction of sp³-hybridized carbons (Fsp3) is 0.300. The lowest BCUT2D eigenvalue weighted by atomic mass is 10.1. The lowest BCUT2D eigenvalue weighted by molar-refractivity contribution is -0.117. The Balaban J connectivity index is 1.57. The monoisotopic (exact) mass is 355 g/mol. The first-order chi connectivity index (χ1) is 12.5. The van der Waals surface area contributed by atoms with E-state index in [4.69, 9.17) is 0 Å². The minimum Gasteiger partial charge on any atom is -0.374 e. The number of carbonyl (C=O) groups is 2. The standard InChI is InChI=1S/C20H22FN3O2/c1-2-18(20(26)24-16-7-5-14(21)6-8-16)22-15-9-11-17(12-10-15)23-19(25)13-3-4-13/h5-13,18,22H,2-4H2,1H3,(H,23,25)(H,24,26)/t18-/m0/s1. The highest BCUT2D eigenvalue weighted by atomic mass is 19.1. The molecule has 0 bridgehead atoms. The summed E-state index contributed by atoms with van der Waals surface area (Å²) in [6, 6.07) is 12.5. The second kappa shape index (κ2) is 7.99. The van der Waals surface area contributed by atoms with Gasteiger partial charge < -0.3 is 16.0 Å². The number of hydrogen-bond donors (Lipinski definition) is 3. The molecule has 0 aromatic heterocycles.